The lowest BCUT2D eigenvalue weighted by Gasteiger charge is -2.10. The molecule has 0 unspecified atom stereocenters. The smallest absolute Gasteiger partial charge is 0.0360 e. The number of anilines is 1. The summed E-state index contributed by atoms with van der Waals surface area (Å²) in [4.78, 5) is 2.08. The van der Waals surface area contributed by atoms with E-state index in [9.17, 15) is 0 Å². The van der Waals surface area contributed by atoms with Crippen LogP contribution in [0, 0.1) is 0 Å². The van der Waals surface area contributed by atoms with Crippen LogP contribution in [0.4, 0.5) is 5.69 Å². The van der Waals surface area contributed by atoms with Crippen LogP contribution < -0.4 is 4.90 Å². The highest BCUT2D eigenvalue weighted by atomic mass is 32.2. The van der Waals surface area contributed by atoms with Crippen molar-refractivity contribution in [3.05, 3.63) is 30.3 Å². The second-order valence-corrected chi connectivity index (χ2v) is 3.45. The third kappa shape index (κ3) is 5.08. The van der Waals surface area contributed by atoms with Crippen LogP contribution >= 0.6 is 11.8 Å². The Morgan fingerprint density at radius 3 is 1.67 bits per heavy atom. The lowest BCUT2D eigenvalue weighted by molar-refractivity contribution is 1.13. The third-order valence-corrected chi connectivity index (χ3v) is 1.27. The lowest BCUT2D eigenvalue weighted by Crippen LogP contribution is -2.07. The van der Waals surface area contributed by atoms with Crippen LogP contribution in [0.3, 0.4) is 0 Å². The maximum absolute atomic E-state index is 2.08. The molecule has 12 heavy (non-hydrogen) atoms. The Bertz CT molecular complexity index is 184. The van der Waals surface area contributed by atoms with E-state index in [4.69, 9.17) is 0 Å². The van der Waals surface area contributed by atoms with Crippen molar-refractivity contribution in [2.75, 3.05) is 31.5 Å². The summed E-state index contributed by atoms with van der Waals surface area (Å²) >= 11 is 1.75. The van der Waals surface area contributed by atoms with Gasteiger partial charge in [0, 0.05) is 19.8 Å². The maximum Gasteiger partial charge on any atom is 0.0360 e. The van der Waals surface area contributed by atoms with Crippen molar-refractivity contribution in [2.24, 2.45) is 0 Å². The van der Waals surface area contributed by atoms with Crippen molar-refractivity contribution in [3.63, 3.8) is 0 Å². The molecule has 0 saturated carbocycles. The van der Waals surface area contributed by atoms with Gasteiger partial charge in [0.15, 0.2) is 0 Å². The normalized spacial score (nSPS) is 8.33. The molecule has 0 saturated heterocycles. The van der Waals surface area contributed by atoms with E-state index < -0.39 is 0 Å². The Labute approximate surface area is 79.8 Å². The van der Waals surface area contributed by atoms with Crippen molar-refractivity contribution >= 4 is 17.4 Å². The maximum atomic E-state index is 2.08. The van der Waals surface area contributed by atoms with Gasteiger partial charge in [0.05, 0.1) is 0 Å². The number of benzene rings is 1. The molecular formula is C10H17NS. The average molecular weight is 183 g/mol. The highest BCUT2D eigenvalue weighted by molar-refractivity contribution is 7.97. The van der Waals surface area contributed by atoms with Gasteiger partial charge in [0.1, 0.15) is 0 Å². The lowest BCUT2D eigenvalue weighted by atomic mass is 10.3. The van der Waals surface area contributed by atoms with Gasteiger partial charge in [-0.05, 0) is 24.6 Å². The number of hydrogen-bond acceptors (Lipinski definition) is 2. The largest absolute Gasteiger partial charge is 0.378 e. The van der Waals surface area contributed by atoms with Gasteiger partial charge in [0.25, 0.3) is 0 Å². The molecule has 0 N–H and O–H groups in total. The zero-order valence-corrected chi connectivity index (χ0v) is 9.06. The first kappa shape index (κ1) is 11.4. The molecule has 1 aromatic rings. The summed E-state index contributed by atoms with van der Waals surface area (Å²) in [7, 11) is 4.07. The van der Waals surface area contributed by atoms with E-state index in [-0.39, 0.29) is 0 Å². The fourth-order valence-corrected chi connectivity index (χ4v) is 0.726. The highest BCUT2D eigenvalue weighted by Gasteiger charge is 1.87. The molecule has 0 aliphatic carbocycles. The summed E-state index contributed by atoms with van der Waals surface area (Å²) in [5.74, 6) is 0. The van der Waals surface area contributed by atoms with Gasteiger partial charge < -0.3 is 4.90 Å². The molecule has 1 aromatic carbocycles. The molecule has 0 spiro atoms. The van der Waals surface area contributed by atoms with Gasteiger partial charge in [0.2, 0.25) is 0 Å². The molecule has 1 rings (SSSR count). The van der Waals surface area contributed by atoms with Crippen LogP contribution in [0.2, 0.25) is 0 Å². The molecular weight excluding hydrogens is 166 g/mol. The predicted octanol–water partition coefficient (Wildman–Crippen LogP) is 2.73. The molecule has 0 amide bonds. The van der Waals surface area contributed by atoms with Gasteiger partial charge in [-0.25, -0.2) is 0 Å². The van der Waals surface area contributed by atoms with Crippen molar-refractivity contribution in [2.45, 2.75) is 0 Å². The summed E-state index contributed by atoms with van der Waals surface area (Å²) in [5.41, 5.74) is 1.25. The van der Waals surface area contributed by atoms with E-state index in [0.29, 0.717) is 0 Å². The monoisotopic (exact) mass is 183 g/mol. The second-order valence-electron chi connectivity index (χ2n) is 2.64. The third-order valence-electron chi connectivity index (χ3n) is 1.27. The molecule has 0 heterocycles. The standard InChI is InChI=1S/C8H11N.C2H6S/c1-9(2)8-6-4-3-5-7-8;1-3-2/h3-7H,1-2H3;1-2H3. The molecule has 0 aliphatic rings. The van der Waals surface area contributed by atoms with E-state index >= 15 is 0 Å². The van der Waals surface area contributed by atoms with Crippen LogP contribution in [-0.4, -0.2) is 26.6 Å². The van der Waals surface area contributed by atoms with E-state index in [2.05, 4.69) is 17.0 Å². The molecule has 0 fully saturated rings. The van der Waals surface area contributed by atoms with E-state index in [1.165, 1.54) is 5.69 Å². The summed E-state index contributed by atoms with van der Waals surface area (Å²) < 4.78 is 0. The average Bonchev–Trinajstić information content (AvgIpc) is 2.07. The fourth-order valence-electron chi connectivity index (χ4n) is 0.726. The first-order chi connectivity index (χ1) is 5.72. The van der Waals surface area contributed by atoms with Gasteiger partial charge in [-0.3, -0.25) is 0 Å². The molecule has 68 valence electrons. The second kappa shape index (κ2) is 7.04. The quantitative estimate of drug-likeness (QED) is 0.658. The van der Waals surface area contributed by atoms with Crippen LogP contribution in [0.5, 0.6) is 0 Å². The molecule has 2 heteroatoms. The zero-order valence-electron chi connectivity index (χ0n) is 8.24. The van der Waals surface area contributed by atoms with E-state index in [1.807, 2.05) is 44.8 Å². The Balaban J connectivity index is 0.000000354. The number of rotatable bonds is 1. The summed E-state index contributed by atoms with van der Waals surface area (Å²) in [5, 5.41) is 0. The molecule has 0 atom stereocenters. The van der Waals surface area contributed by atoms with E-state index in [1.54, 1.807) is 11.8 Å². The molecule has 0 aliphatic heterocycles. The van der Waals surface area contributed by atoms with Crippen molar-refractivity contribution < 1.29 is 0 Å². The SMILES string of the molecule is CN(C)c1ccccc1.CSC. The minimum atomic E-state index is 1.25. The Kier molecular flexibility index (Phi) is 6.67. The van der Waals surface area contributed by atoms with Crippen molar-refractivity contribution in [1.82, 2.24) is 0 Å². The number of para-hydroxylation sites is 1. The van der Waals surface area contributed by atoms with Gasteiger partial charge in [-0.1, -0.05) is 18.2 Å². The Morgan fingerprint density at radius 1 is 1.00 bits per heavy atom. The predicted molar refractivity (Wildman–Crippen MR) is 60.2 cm³/mol. The van der Waals surface area contributed by atoms with Crippen LogP contribution in [0.15, 0.2) is 30.3 Å². The summed E-state index contributed by atoms with van der Waals surface area (Å²) in [6, 6.07) is 10.3. The summed E-state index contributed by atoms with van der Waals surface area (Å²) in [6.07, 6.45) is 4.08. The molecule has 0 bridgehead atoms. The van der Waals surface area contributed by atoms with Crippen LogP contribution in [0.25, 0.3) is 0 Å². The number of hydrogen-bond donors (Lipinski definition) is 0. The van der Waals surface area contributed by atoms with Gasteiger partial charge >= 0.3 is 0 Å². The van der Waals surface area contributed by atoms with Crippen molar-refractivity contribution in [3.8, 4) is 0 Å². The van der Waals surface area contributed by atoms with Crippen LogP contribution in [0.1, 0.15) is 0 Å². The number of nitrogens with zero attached hydrogens (tertiary/aromatic N) is 1. The first-order valence-electron chi connectivity index (χ1n) is 3.85. The molecule has 0 aromatic heterocycles. The highest BCUT2D eigenvalue weighted by Crippen LogP contribution is 2.07. The van der Waals surface area contributed by atoms with E-state index in [0.717, 1.165) is 0 Å². The summed E-state index contributed by atoms with van der Waals surface area (Å²) in [6.45, 7) is 0. The molecule has 0 radical (unpaired) electrons. The Hall–Kier alpha value is -0.630. The van der Waals surface area contributed by atoms with Crippen molar-refractivity contribution in [1.29, 1.82) is 0 Å². The van der Waals surface area contributed by atoms with Gasteiger partial charge in [-0.2, -0.15) is 11.8 Å². The van der Waals surface area contributed by atoms with Crippen LogP contribution in [-0.2, 0) is 0 Å². The number of thioether (sulfide) groups is 1. The topological polar surface area (TPSA) is 3.24 Å². The Morgan fingerprint density at radius 2 is 1.42 bits per heavy atom. The first-order valence-corrected chi connectivity index (χ1v) is 5.48. The minimum absolute atomic E-state index is 1.25. The van der Waals surface area contributed by atoms with Gasteiger partial charge in [-0.15, -0.1) is 0 Å². The minimum Gasteiger partial charge on any atom is -0.378 e. The zero-order chi connectivity index (χ0) is 9.40. The fraction of sp³-hybridized carbons (Fsp3) is 0.400. The molecule has 1 nitrogen and oxygen atoms in total.